The molecule has 0 bridgehead atoms. The molecule has 6 heteroatoms. The number of carbonyl (C=O) groups is 1. The average molecular weight is 383 g/mol. The first kappa shape index (κ1) is 20.0. The number of nitrogens with one attached hydrogen (secondary N) is 1. The standard InChI is InChI=1S/C22H30N4O2/c1-17(2)8-9-24-19-14-18(15-23-16-19)22(27)26-12-10-25(11-13-26)20-6-4-5-7-21(20)28-3/h4-7,14-17,24H,8-13H2,1-3H3. The van der Waals surface area contributed by atoms with Crippen molar-refractivity contribution in [2.24, 2.45) is 5.92 Å². The Morgan fingerprint density at radius 2 is 1.93 bits per heavy atom. The summed E-state index contributed by atoms with van der Waals surface area (Å²) in [5.41, 5.74) is 2.62. The zero-order valence-corrected chi connectivity index (χ0v) is 17.0. The highest BCUT2D eigenvalue weighted by molar-refractivity contribution is 5.95. The largest absolute Gasteiger partial charge is 0.495 e. The molecule has 1 N–H and O–H groups in total. The number of benzene rings is 1. The fourth-order valence-electron chi connectivity index (χ4n) is 3.38. The number of pyridine rings is 1. The van der Waals surface area contributed by atoms with Crippen LogP contribution in [0.2, 0.25) is 0 Å². The van der Waals surface area contributed by atoms with Crippen LogP contribution < -0.4 is 15.0 Å². The Morgan fingerprint density at radius 1 is 1.18 bits per heavy atom. The van der Waals surface area contributed by atoms with Crippen LogP contribution in [0.25, 0.3) is 0 Å². The summed E-state index contributed by atoms with van der Waals surface area (Å²) in [5, 5.41) is 3.36. The summed E-state index contributed by atoms with van der Waals surface area (Å²) in [7, 11) is 1.69. The van der Waals surface area contributed by atoms with E-state index in [-0.39, 0.29) is 5.91 Å². The highest BCUT2D eigenvalue weighted by Crippen LogP contribution is 2.28. The fraction of sp³-hybridized carbons (Fsp3) is 0.455. The third-order valence-corrected chi connectivity index (χ3v) is 5.03. The predicted octanol–water partition coefficient (Wildman–Crippen LogP) is 3.51. The van der Waals surface area contributed by atoms with Crippen LogP contribution in [0.3, 0.4) is 0 Å². The Bertz CT molecular complexity index is 786. The number of piperazine rings is 1. The minimum Gasteiger partial charge on any atom is -0.495 e. The van der Waals surface area contributed by atoms with Gasteiger partial charge in [0.25, 0.3) is 5.91 Å². The average Bonchev–Trinajstić information content (AvgIpc) is 2.73. The van der Waals surface area contributed by atoms with E-state index in [9.17, 15) is 4.79 Å². The van der Waals surface area contributed by atoms with Crippen molar-refractivity contribution < 1.29 is 9.53 Å². The van der Waals surface area contributed by atoms with Gasteiger partial charge in [0.1, 0.15) is 5.75 Å². The Hall–Kier alpha value is -2.76. The van der Waals surface area contributed by atoms with Gasteiger partial charge in [0, 0.05) is 45.1 Å². The first-order valence-corrected chi connectivity index (χ1v) is 9.94. The molecule has 1 saturated heterocycles. The van der Waals surface area contributed by atoms with Gasteiger partial charge in [0.2, 0.25) is 0 Å². The molecule has 28 heavy (non-hydrogen) atoms. The molecule has 0 aliphatic carbocycles. The van der Waals surface area contributed by atoms with Crippen LogP contribution >= 0.6 is 0 Å². The number of aromatic nitrogens is 1. The Kier molecular flexibility index (Phi) is 6.74. The Labute approximate surface area is 167 Å². The van der Waals surface area contributed by atoms with Gasteiger partial charge in [-0.3, -0.25) is 9.78 Å². The smallest absolute Gasteiger partial charge is 0.255 e. The third kappa shape index (κ3) is 4.94. The van der Waals surface area contributed by atoms with Gasteiger partial charge in [-0.1, -0.05) is 26.0 Å². The molecule has 3 rings (SSSR count). The van der Waals surface area contributed by atoms with Crippen LogP contribution in [0.4, 0.5) is 11.4 Å². The SMILES string of the molecule is COc1ccccc1N1CCN(C(=O)c2cncc(NCCC(C)C)c2)CC1. The number of nitrogens with zero attached hydrogens (tertiary/aromatic N) is 3. The number of para-hydroxylation sites is 2. The van der Waals surface area contributed by atoms with E-state index >= 15 is 0 Å². The summed E-state index contributed by atoms with van der Waals surface area (Å²) in [5.74, 6) is 1.55. The van der Waals surface area contributed by atoms with Crippen molar-refractivity contribution in [1.82, 2.24) is 9.88 Å². The lowest BCUT2D eigenvalue weighted by Crippen LogP contribution is -2.48. The molecule has 2 aromatic rings. The van der Waals surface area contributed by atoms with E-state index in [0.717, 1.165) is 43.2 Å². The van der Waals surface area contributed by atoms with Crippen LogP contribution in [0.1, 0.15) is 30.6 Å². The van der Waals surface area contributed by atoms with E-state index in [0.29, 0.717) is 24.6 Å². The minimum absolute atomic E-state index is 0.0414. The minimum atomic E-state index is 0.0414. The lowest BCUT2D eigenvalue weighted by molar-refractivity contribution is 0.0746. The zero-order valence-electron chi connectivity index (χ0n) is 17.0. The van der Waals surface area contributed by atoms with E-state index in [2.05, 4.69) is 35.1 Å². The van der Waals surface area contributed by atoms with E-state index < -0.39 is 0 Å². The van der Waals surface area contributed by atoms with Crippen molar-refractivity contribution in [3.05, 3.63) is 48.3 Å². The van der Waals surface area contributed by atoms with E-state index in [1.165, 1.54) is 0 Å². The van der Waals surface area contributed by atoms with Gasteiger partial charge >= 0.3 is 0 Å². The number of amides is 1. The monoisotopic (exact) mass is 382 g/mol. The summed E-state index contributed by atoms with van der Waals surface area (Å²) in [6, 6.07) is 9.92. The number of rotatable bonds is 7. The van der Waals surface area contributed by atoms with Crippen molar-refractivity contribution in [2.45, 2.75) is 20.3 Å². The summed E-state index contributed by atoms with van der Waals surface area (Å²) in [6.07, 6.45) is 4.52. The molecule has 1 aliphatic heterocycles. The lowest BCUT2D eigenvalue weighted by atomic mass is 10.1. The molecule has 6 nitrogen and oxygen atoms in total. The number of hydrogen-bond acceptors (Lipinski definition) is 5. The highest BCUT2D eigenvalue weighted by Gasteiger charge is 2.24. The fourth-order valence-corrected chi connectivity index (χ4v) is 3.38. The van der Waals surface area contributed by atoms with Crippen LogP contribution in [0, 0.1) is 5.92 Å². The van der Waals surface area contributed by atoms with Gasteiger partial charge in [-0.2, -0.15) is 0 Å². The number of carbonyl (C=O) groups excluding carboxylic acids is 1. The molecule has 150 valence electrons. The number of anilines is 2. The maximum absolute atomic E-state index is 12.9. The molecular weight excluding hydrogens is 352 g/mol. The first-order valence-electron chi connectivity index (χ1n) is 9.94. The van der Waals surface area contributed by atoms with Crippen molar-refractivity contribution in [2.75, 3.05) is 50.1 Å². The first-order chi connectivity index (χ1) is 13.6. The van der Waals surface area contributed by atoms with E-state index in [4.69, 9.17) is 4.74 Å². The summed E-state index contributed by atoms with van der Waals surface area (Å²) in [6.45, 7) is 8.21. The number of methoxy groups -OCH3 is 1. The third-order valence-electron chi connectivity index (χ3n) is 5.03. The number of hydrogen-bond donors (Lipinski definition) is 1. The molecule has 2 heterocycles. The van der Waals surface area contributed by atoms with Gasteiger partial charge in [-0.15, -0.1) is 0 Å². The topological polar surface area (TPSA) is 57.7 Å². The highest BCUT2D eigenvalue weighted by atomic mass is 16.5. The van der Waals surface area contributed by atoms with Crippen LogP contribution in [-0.4, -0.2) is 55.6 Å². The zero-order chi connectivity index (χ0) is 19.9. The predicted molar refractivity (Wildman–Crippen MR) is 113 cm³/mol. The second kappa shape index (κ2) is 9.44. The van der Waals surface area contributed by atoms with Gasteiger partial charge in [0.15, 0.2) is 0 Å². The van der Waals surface area contributed by atoms with Crippen molar-refractivity contribution in [3.8, 4) is 5.75 Å². The summed E-state index contributed by atoms with van der Waals surface area (Å²) < 4.78 is 5.46. The van der Waals surface area contributed by atoms with Gasteiger partial charge in [0.05, 0.1) is 24.0 Å². The molecule has 1 aliphatic rings. The van der Waals surface area contributed by atoms with Gasteiger partial charge in [-0.05, 0) is 30.5 Å². The maximum Gasteiger partial charge on any atom is 0.255 e. The lowest BCUT2D eigenvalue weighted by Gasteiger charge is -2.36. The van der Waals surface area contributed by atoms with Crippen LogP contribution in [0.15, 0.2) is 42.7 Å². The van der Waals surface area contributed by atoms with E-state index in [1.807, 2.05) is 29.2 Å². The van der Waals surface area contributed by atoms with Crippen molar-refractivity contribution >= 4 is 17.3 Å². The molecule has 1 aromatic carbocycles. The Morgan fingerprint density at radius 3 is 2.64 bits per heavy atom. The molecule has 0 atom stereocenters. The van der Waals surface area contributed by atoms with E-state index in [1.54, 1.807) is 19.5 Å². The quantitative estimate of drug-likeness (QED) is 0.794. The van der Waals surface area contributed by atoms with Gasteiger partial charge in [-0.25, -0.2) is 0 Å². The molecule has 1 fully saturated rings. The summed E-state index contributed by atoms with van der Waals surface area (Å²) >= 11 is 0. The Balaban J connectivity index is 1.59. The molecule has 0 unspecified atom stereocenters. The second-order valence-electron chi connectivity index (χ2n) is 7.52. The molecular formula is C22H30N4O2. The van der Waals surface area contributed by atoms with Crippen molar-refractivity contribution in [1.29, 1.82) is 0 Å². The maximum atomic E-state index is 12.9. The molecule has 0 spiro atoms. The molecule has 1 aromatic heterocycles. The normalized spacial score (nSPS) is 14.3. The number of ether oxygens (including phenoxy) is 1. The van der Waals surface area contributed by atoms with Crippen LogP contribution in [0.5, 0.6) is 5.75 Å². The van der Waals surface area contributed by atoms with Crippen LogP contribution in [-0.2, 0) is 0 Å². The van der Waals surface area contributed by atoms with Gasteiger partial charge < -0.3 is 19.9 Å². The second-order valence-corrected chi connectivity index (χ2v) is 7.52. The molecule has 0 radical (unpaired) electrons. The summed E-state index contributed by atoms with van der Waals surface area (Å²) in [4.78, 5) is 21.3. The molecule has 1 amide bonds. The molecule has 0 saturated carbocycles. The van der Waals surface area contributed by atoms with Crippen molar-refractivity contribution in [3.63, 3.8) is 0 Å².